The van der Waals surface area contributed by atoms with Crippen LogP contribution in [0.4, 0.5) is 5.69 Å². The SMILES string of the molecule is CCC(C(=O)NC)N(Cc1cccc(OC)c1)C(=O)CN(c1ccccc1)S(=O)(=O)c1ccccc1. The van der Waals surface area contributed by atoms with Gasteiger partial charge in [-0.3, -0.25) is 13.9 Å². The molecule has 3 aromatic rings. The standard InChI is InChI=1S/C27H31N3O5S/c1-4-25(27(32)28-2)29(19-21-12-11-15-23(18-21)35-3)26(31)20-30(22-13-7-5-8-14-22)36(33,34)24-16-9-6-10-17-24/h5-18,25H,4,19-20H2,1-3H3,(H,28,32). The summed E-state index contributed by atoms with van der Waals surface area (Å²) in [6.07, 6.45) is 0.353. The van der Waals surface area contributed by atoms with Crippen molar-refractivity contribution in [2.24, 2.45) is 0 Å². The number of para-hydroxylation sites is 1. The first-order valence-electron chi connectivity index (χ1n) is 11.6. The van der Waals surface area contributed by atoms with Crippen molar-refractivity contribution >= 4 is 27.5 Å². The van der Waals surface area contributed by atoms with E-state index in [1.165, 1.54) is 24.1 Å². The van der Waals surface area contributed by atoms with Crippen LogP contribution in [-0.4, -0.2) is 51.9 Å². The third-order valence-electron chi connectivity index (χ3n) is 5.77. The molecule has 9 heteroatoms. The van der Waals surface area contributed by atoms with Crippen LogP contribution >= 0.6 is 0 Å². The summed E-state index contributed by atoms with van der Waals surface area (Å²) >= 11 is 0. The first kappa shape index (κ1) is 26.7. The van der Waals surface area contributed by atoms with Crippen LogP contribution < -0.4 is 14.4 Å². The quantitative estimate of drug-likeness (QED) is 0.427. The van der Waals surface area contributed by atoms with Crippen molar-refractivity contribution in [2.45, 2.75) is 30.8 Å². The Morgan fingerprint density at radius 3 is 2.17 bits per heavy atom. The average Bonchev–Trinajstić information content (AvgIpc) is 2.92. The van der Waals surface area contributed by atoms with Gasteiger partial charge in [-0.15, -0.1) is 0 Å². The van der Waals surface area contributed by atoms with Crippen LogP contribution in [0.1, 0.15) is 18.9 Å². The highest BCUT2D eigenvalue weighted by atomic mass is 32.2. The molecule has 36 heavy (non-hydrogen) atoms. The number of carbonyl (C=O) groups excluding carboxylic acids is 2. The maximum atomic E-state index is 13.8. The van der Waals surface area contributed by atoms with Crippen LogP contribution in [0.15, 0.2) is 89.8 Å². The summed E-state index contributed by atoms with van der Waals surface area (Å²) in [4.78, 5) is 28.0. The lowest BCUT2D eigenvalue weighted by Crippen LogP contribution is -2.51. The molecule has 0 spiro atoms. The molecule has 0 bridgehead atoms. The second-order valence-electron chi connectivity index (χ2n) is 8.07. The number of anilines is 1. The van der Waals surface area contributed by atoms with E-state index in [1.807, 2.05) is 6.07 Å². The lowest BCUT2D eigenvalue weighted by atomic mass is 10.1. The Bertz CT molecular complexity index is 1270. The van der Waals surface area contributed by atoms with Crippen molar-refractivity contribution in [3.63, 3.8) is 0 Å². The normalized spacial score (nSPS) is 11.9. The third-order valence-corrected chi connectivity index (χ3v) is 7.56. The monoisotopic (exact) mass is 509 g/mol. The van der Waals surface area contributed by atoms with E-state index in [2.05, 4.69) is 5.32 Å². The van der Waals surface area contributed by atoms with Crippen molar-refractivity contribution < 1.29 is 22.7 Å². The first-order chi connectivity index (χ1) is 17.3. The molecule has 0 aliphatic carbocycles. The van der Waals surface area contributed by atoms with Crippen molar-refractivity contribution in [3.05, 3.63) is 90.5 Å². The van der Waals surface area contributed by atoms with E-state index in [1.54, 1.807) is 80.8 Å². The molecule has 1 unspecified atom stereocenters. The van der Waals surface area contributed by atoms with E-state index in [0.717, 1.165) is 9.87 Å². The zero-order chi connectivity index (χ0) is 26.1. The predicted octanol–water partition coefficient (Wildman–Crippen LogP) is 3.44. The Balaban J connectivity index is 2.02. The van der Waals surface area contributed by atoms with Crippen LogP contribution in [0.5, 0.6) is 5.75 Å². The number of nitrogens with one attached hydrogen (secondary N) is 1. The van der Waals surface area contributed by atoms with Crippen LogP contribution in [0.3, 0.4) is 0 Å². The minimum Gasteiger partial charge on any atom is -0.497 e. The van der Waals surface area contributed by atoms with E-state index >= 15 is 0 Å². The number of methoxy groups -OCH3 is 1. The number of rotatable bonds is 11. The molecule has 0 radical (unpaired) electrons. The summed E-state index contributed by atoms with van der Waals surface area (Å²) in [5.74, 6) is -0.215. The fourth-order valence-corrected chi connectivity index (χ4v) is 5.33. The largest absolute Gasteiger partial charge is 0.497 e. The molecule has 0 aliphatic rings. The number of hydrogen-bond acceptors (Lipinski definition) is 5. The number of ether oxygens (including phenoxy) is 1. The van der Waals surface area contributed by atoms with Crippen LogP contribution in [-0.2, 0) is 26.2 Å². The molecule has 3 aromatic carbocycles. The molecule has 0 fully saturated rings. The van der Waals surface area contributed by atoms with E-state index in [0.29, 0.717) is 17.9 Å². The van der Waals surface area contributed by atoms with Gasteiger partial charge >= 0.3 is 0 Å². The Labute approximate surface area is 212 Å². The molecular weight excluding hydrogens is 478 g/mol. The fourth-order valence-electron chi connectivity index (χ4n) is 3.90. The molecule has 1 N–H and O–H groups in total. The van der Waals surface area contributed by atoms with Crippen LogP contribution in [0.2, 0.25) is 0 Å². The van der Waals surface area contributed by atoms with Crippen molar-refractivity contribution in [3.8, 4) is 5.75 Å². The van der Waals surface area contributed by atoms with E-state index < -0.39 is 28.5 Å². The average molecular weight is 510 g/mol. The van der Waals surface area contributed by atoms with Gasteiger partial charge < -0.3 is 15.0 Å². The third kappa shape index (κ3) is 6.23. The lowest BCUT2D eigenvalue weighted by molar-refractivity contribution is -0.140. The summed E-state index contributed by atoms with van der Waals surface area (Å²) in [6.45, 7) is 1.44. The van der Waals surface area contributed by atoms with Gasteiger partial charge in [0.2, 0.25) is 11.8 Å². The van der Waals surface area contributed by atoms with Gasteiger partial charge in [0, 0.05) is 13.6 Å². The summed E-state index contributed by atoms with van der Waals surface area (Å²) in [5.41, 5.74) is 1.10. The summed E-state index contributed by atoms with van der Waals surface area (Å²) in [7, 11) is -1.00. The molecule has 0 aromatic heterocycles. The summed E-state index contributed by atoms with van der Waals surface area (Å²) in [5, 5.41) is 2.61. The van der Waals surface area contributed by atoms with Gasteiger partial charge in [-0.1, -0.05) is 55.5 Å². The number of nitrogens with zero attached hydrogens (tertiary/aromatic N) is 2. The predicted molar refractivity (Wildman–Crippen MR) is 139 cm³/mol. The Kier molecular flexibility index (Phi) is 9.08. The van der Waals surface area contributed by atoms with Gasteiger partial charge in [0.05, 0.1) is 17.7 Å². The van der Waals surface area contributed by atoms with Gasteiger partial charge in [0.25, 0.3) is 10.0 Å². The number of sulfonamides is 1. The van der Waals surface area contributed by atoms with E-state index in [9.17, 15) is 18.0 Å². The molecule has 1 atom stereocenters. The van der Waals surface area contributed by atoms with Gasteiger partial charge in [-0.2, -0.15) is 0 Å². The zero-order valence-corrected chi connectivity index (χ0v) is 21.4. The highest BCUT2D eigenvalue weighted by Crippen LogP contribution is 2.25. The maximum Gasteiger partial charge on any atom is 0.264 e. The second-order valence-corrected chi connectivity index (χ2v) is 9.93. The molecule has 0 saturated heterocycles. The highest BCUT2D eigenvalue weighted by Gasteiger charge is 2.33. The fraction of sp³-hybridized carbons (Fsp3) is 0.259. The maximum absolute atomic E-state index is 13.8. The van der Waals surface area contributed by atoms with E-state index in [4.69, 9.17) is 4.74 Å². The number of hydrogen-bond donors (Lipinski definition) is 1. The molecule has 190 valence electrons. The molecule has 0 saturated carbocycles. The molecule has 2 amide bonds. The molecule has 3 rings (SSSR count). The minimum absolute atomic E-state index is 0.0688. The number of amides is 2. The number of benzene rings is 3. The molecule has 0 aliphatic heterocycles. The number of carbonyl (C=O) groups is 2. The number of likely N-dealkylation sites (N-methyl/N-ethyl adjacent to an activating group) is 1. The zero-order valence-electron chi connectivity index (χ0n) is 20.6. The second kappa shape index (κ2) is 12.2. The van der Waals surface area contributed by atoms with Gasteiger partial charge in [-0.05, 0) is 48.4 Å². The minimum atomic E-state index is -4.06. The molecular formula is C27H31N3O5S. The van der Waals surface area contributed by atoms with Gasteiger partial charge in [0.1, 0.15) is 18.3 Å². The topological polar surface area (TPSA) is 96.0 Å². The van der Waals surface area contributed by atoms with Gasteiger partial charge in [0.15, 0.2) is 0 Å². The smallest absolute Gasteiger partial charge is 0.264 e. The van der Waals surface area contributed by atoms with Crippen LogP contribution in [0.25, 0.3) is 0 Å². The first-order valence-corrected chi connectivity index (χ1v) is 13.0. The van der Waals surface area contributed by atoms with Crippen molar-refractivity contribution in [1.29, 1.82) is 0 Å². The highest BCUT2D eigenvalue weighted by molar-refractivity contribution is 7.92. The van der Waals surface area contributed by atoms with Crippen molar-refractivity contribution in [2.75, 3.05) is 25.0 Å². The lowest BCUT2D eigenvalue weighted by Gasteiger charge is -2.33. The Morgan fingerprint density at radius 1 is 0.944 bits per heavy atom. The Hall–Kier alpha value is -3.85. The molecule has 8 nitrogen and oxygen atoms in total. The summed E-state index contributed by atoms with van der Waals surface area (Å²) in [6, 6.07) is 22.8. The van der Waals surface area contributed by atoms with E-state index in [-0.39, 0.29) is 17.3 Å². The van der Waals surface area contributed by atoms with Crippen molar-refractivity contribution in [1.82, 2.24) is 10.2 Å². The van der Waals surface area contributed by atoms with Crippen LogP contribution in [0, 0.1) is 0 Å². The van der Waals surface area contributed by atoms with Gasteiger partial charge in [-0.25, -0.2) is 8.42 Å². The molecule has 0 heterocycles. The Morgan fingerprint density at radius 2 is 1.58 bits per heavy atom. The summed E-state index contributed by atoms with van der Waals surface area (Å²) < 4.78 is 33.6.